The van der Waals surface area contributed by atoms with E-state index in [1.54, 1.807) is 0 Å². The molecule has 0 radical (unpaired) electrons. The monoisotopic (exact) mass is 263 g/mol. The maximum absolute atomic E-state index is 11.8. The number of rotatable bonds is 3. The lowest BCUT2D eigenvalue weighted by molar-refractivity contribution is -0.149. The van der Waals surface area contributed by atoms with Crippen LogP contribution in [0.5, 0.6) is 0 Å². The molecule has 1 saturated heterocycles. The molecule has 19 heavy (non-hydrogen) atoms. The van der Waals surface area contributed by atoms with Crippen LogP contribution >= 0.6 is 0 Å². The van der Waals surface area contributed by atoms with E-state index in [4.69, 9.17) is 9.53 Å². The van der Waals surface area contributed by atoms with Crippen molar-refractivity contribution in [2.45, 2.75) is 32.4 Å². The molecule has 1 aromatic carbocycles. The molecular formula is C15H21NO3. The van der Waals surface area contributed by atoms with E-state index in [9.17, 15) is 4.79 Å². The van der Waals surface area contributed by atoms with Gasteiger partial charge < -0.3 is 9.53 Å². The summed E-state index contributed by atoms with van der Waals surface area (Å²) in [5.41, 5.74) is 1.04. The predicted octanol–water partition coefficient (Wildman–Crippen LogP) is 2.03. The summed E-state index contributed by atoms with van der Waals surface area (Å²) >= 11 is 0. The Morgan fingerprint density at radius 3 is 2.58 bits per heavy atom. The van der Waals surface area contributed by atoms with E-state index >= 15 is 0 Å². The highest BCUT2D eigenvalue weighted by Gasteiger charge is 2.28. The predicted molar refractivity (Wildman–Crippen MR) is 73.6 cm³/mol. The van der Waals surface area contributed by atoms with Crippen LogP contribution in [0.25, 0.3) is 0 Å². The minimum atomic E-state index is -0.0937. The number of carbonyl (C=O) groups is 2. The highest BCUT2D eigenvalue weighted by atomic mass is 16.5. The van der Waals surface area contributed by atoms with Crippen LogP contribution in [0.3, 0.4) is 0 Å². The van der Waals surface area contributed by atoms with Gasteiger partial charge in [0.1, 0.15) is 18.9 Å². The topological polar surface area (TPSA) is 46.6 Å². The third-order valence-corrected chi connectivity index (χ3v) is 3.02. The first-order valence-electron chi connectivity index (χ1n) is 6.49. The summed E-state index contributed by atoms with van der Waals surface area (Å²) in [6.07, 6.45) is 2.76. The van der Waals surface area contributed by atoms with Crippen molar-refractivity contribution in [1.29, 1.82) is 0 Å². The van der Waals surface area contributed by atoms with Crippen molar-refractivity contribution in [3.05, 3.63) is 35.9 Å². The molecule has 0 N–H and O–H groups in total. The largest absolute Gasteiger partial charge is 0.460 e. The molecular weight excluding hydrogens is 242 g/mol. The molecule has 1 fully saturated rings. The first kappa shape index (κ1) is 15.4. The lowest BCUT2D eigenvalue weighted by Gasteiger charge is -2.17. The fourth-order valence-electron chi connectivity index (χ4n) is 2.03. The summed E-state index contributed by atoms with van der Waals surface area (Å²) in [7, 11) is 1.97. The summed E-state index contributed by atoms with van der Waals surface area (Å²) in [4.78, 5) is 22.6. The zero-order chi connectivity index (χ0) is 14.1. The van der Waals surface area contributed by atoms with Gasteiger partial charge in [-0.1, -0.05) is 30.3 Å². The molecule has 0 spiro atoms. The van der Waals surface area contributed by atoms with Crippen molar-refractivity contribution in [2.75, 3.05) is 13.6 Å². The number of esters is 1. The van der Waals surface area contributed by atoms with Gasteiger partial charge in [-0.2, -0.15) is 0 Å². The lowest BCUT2D eigenvalue weighted by atomic mass is 10.2. The fourth-order valence-corrected chi connectivity index (χ4v) is 2.03. The van der Waals surface area contributed by atoms with Crippen molar-refractivity contribution in [3.8, 4) is 0 Å². The van der Waals surface area contributed by atoms with Gasteiger partial charge in [-0.15, -0.1) is 0 Å². The van der Waals surface area contributed by atoms with Gasteiger partial charge in [0, 0.05) is 0 Å². The average molecular weight is 263 g/mol. The van der Waals surface area contributed by atoms with Gasteiger partial charge in [-0.3, -0.25) is 9.69 Å². The Kier molecular flexibility index (Phi) is 6.82. The van der Waals surface area contributed by atoms with E-state index in [-0.39, 0.29) is 12.0 Å². The zero-order valence-corrected chi connectivity index (χ0v) is 11.5. The highest BCUT2D eigenvalue weighted by molar-refractivity contribution is 5.76. The molecule has 4 heteroatoms. The van der Waals surface area contributed by atoms with Crippen LogP contribution in [0.4, 0.5) is 0 Å². The molecule has 0 bridgehead atoms. The molecule has 1 heterocycles. The summed E-state index contributed by atoms with van der Waals surface area (Å²) in [6, 6.07) is 9.74. The number of ether oxygens (including phenoxy) is 1. The van der Waals surface area contributed by atoms with Crippen molar-refractivity contribution in [2.24, 2.45) is 0 Å². The van der Waals surface area contributed by atoms with Gasteiger partial charge in [0.2, 0.25) is 0 Å². The van der Waals surface area contributed by atoms with Gasteiger partial charge in [0.15, 0.2) is 0 Å². The maximum atomic E-state index is 11.8. The smallest absolute Gasteiger partial charge is 0.323 e. The number of hydrogen-bond acceptors (Lipinski definition) is 4. The van der Waals surface area contributed by atoms with E-state index in [0.717, 1.165) is 31.2 Å². The molecule has 0 aromatic heterocycles. The van der Waals surface area contributed by atoms with Crippen LogP contribution in [0, 0.1) is 0 Å². The molecule has 0 aliphatic carbocycles. The SMILES string of the molecule is CC=O.CN1CCCC1C(=O)OCc1ccccc1. The number of likely N-dealkylation sites (tertiary alicyclic amines) is 1. The Morgan fingerprint density at radius 2 is 2.05 bits per heavy atom. The number of carbonyl (C=O) groups excluding carboxylic acids is 2. The van der Waals surface area contributed by atoms with Crippen LogP contribution in [-0.4, -0.2) is 36.8 Å². The Labute approximate surface area is 114 Å². The molecule has 1 aliphatic rings. The first-order chi connectivity index (χ1) is 9.19. The van der Waals surface area contributed by atoms with Crippen molar-refractivity contribution >= 4 is 12.3 Å². The van der Waals surface area contributed by atoms with Crippen LogP contribution < -0.4 is 0 Å². The molecule has 1 aliphatic heterocycles. The van der Waals surface area contributed by atoms with Crippen LogP contribution in [0.2, 0.25) is 0 Å². The van der Waals surface area contributed by atoms with Crippen LogP contribution in [0.1, 0.15) is 25.3 Å². The molecule has 1 unspecified atom stereocenters. The quantitative estimate of drug-likeness (QED) is 0.618. The summed E-state index contributed by atoms with van der Waals surface area (Å²) < 4.78 is 5.30. The van der Waals surface area contributed by atoms with Gasteiger partial charge in [-0.25, -0.2) is 0 Å². The number of hydrogen-bond donors (Lipinski definition) is 0. The standard InChI is InChI=1S/C13H17NO2.C2H4O/c1-14-9-5-8-12(14)13(15)16-10-11-6-3-2-4-7-11;1-2-3/h2-4,6-7,12H,5,8-10H2,1H3;2H,1H3. The molecule has 4 nitrogen and oxygen atoms in total. The van der Waals surface area contributed by atoms with Crippen molar-refractivity contribution in [1.82, 2.24) is 4.90 Å². The molecule has 1 atom stereocenters. The highest BCUT2D eigenvalue weighted by Crippen LogP contribution is 2.16. The van der Waals surface area contributed by atoms with E-state index in [1.807, 2.05) is 37.4 Å². The van der Waals surface area contributed by atoms with E-state index in [1.165, 1.54) is 6.92 Å². The van der Waals surface area contributed by atoms with Gasteiger partial charge in [0.25, 0.3) is 0 Å². The van der Waals surface area contributed by atoms with Crippen LogP contribution in [0.15, 0.2) is 30.3 Å². The minimum Gasteiger partial charge on any atom is -0.460 e. The zero-order valence-electron chi connectivity index (χ0n) is 11.5. The molecule has 2 rings (SSSR count). The molecule has 0 amide bonds. The Morgan fingerprint density at radius 1 is 1.42 bits per heavy atom. The normalized spacial score (nSPS) is 18.3. The number of benzene rings is 1. The fraction of sp³-hybridized carbons (Fsp3) is 0.467. The summed E-state index contributed by atoms with van der Waals surface area (Å²) in [5.74, 6) is -0.0937. The van der Waals surface area contributed by atoms with Crippen molar-refractivity contribution in [3.63, 3.8) is 0 Å². The van der Waals surface area contributed by atoms with Crippen LogP contribution in [-0.2, 0) is 20.9 Å². The molecule has 1 aromatic rings. The van der Waals surface area contributed by atoms with Gasteiger partial charge in [-0.05, 0) is 38.9 Å². The van der Waals surface area contributed by atoms with E-state index < -0.39 is 0 Å². The third kappa shape index (κ3) is 5.22. The summed E-state index contributed by atoms with van der Waals surface area (Å²) in [5, 5.41) is 0. The molecule has 104 valence electrons. The lowest BCUT2D eigenvalue weighted by Crippen LogP contribution is -2.34. The minimum absolute atomic E-state index is 0.0382. The van der Waals surface area contributed by atoms with Gasteiger partial charge >= 0.3 is 5.97 Å². The Hall–Kier alpha value is -1.68. The second kappa shape index (κ2) is 8.43. The second-order valence-electron chi connectivity index (χ2n) is 4.47. The second-order valence-corrected chi connectivity index (χ2v) is 4.47. The number of aldehydes is 1. The maximum Gasteiger partial charge on any atom is 0.323 e. The van der Waals surface area contributed by atoms with Gasteiger partial charge in [0.05, 0.1) is 0 Å². The first-order valence-corrected chi connectivity index (χ1v) is 6.49. The number of nitrogens with zero attached hydrogens (tertiary/aromatic N) is 1. The summed E-state index contributed by atoms with van der Waals surface area (Å²) in [6.45, 7) is 2.81. The Bertz CT molecular complexity index is 392. The van der Waals surface area contributed by atoms with E-state index in [0.29, 0.717) is 6.61 Å². The number of likely N-dealkylation sites (N-methyl/N-ethyl adjacent to an activating group) is 1. The van der Waals surface area contributed by atoms with E-state index in [2.05, 4.69) is 4.90 Å². The Balaban J connectivity index is 0.000000550. The average Bonchev–Trinajstić information content (AvgIpc) is 2.84. The molecule has 0 saturated carbocycles. The van der Waals surface area contributed by atoms with Crippen molar-refractivity contribution < 1.29 is 14.3 Å². The third-order valence-electron chi connectivity index (χ3n) is 3.02.